The Morgan fingerprint density at radius 3 is 3.20 bits per heavy atom. The summed E-state index contributed by atoms with van der Waals surface area (Å²) in [5.41, 5.74) is 0.257. The van der Waals surface area contributed by atoms with Crippen molar-refractivity contribution >= 4 is 12.0 Å². The van der Waals surface area contributed by atoms with Gasteiger partial charge in [-0.05, 0) is 26.3 Å². The number of esters is 1. The van der Waals surface area contributed by atoms with Crippen LogP contribution in [0, 0.1) is 0 Å². The zero-order valence-corrected chi connectivity index (χ0v) is 11.9. The molecule has 1 unspecified atom stereocenters. The lowest BCUT2D eigenvalue weighted by molar-refractivity contribution is 0.0519. The molecule has 6 nitrogen and oxygen atoms in total. The highest BCUT2D eigenvalue weighted by atomic mass is 16.5. The van der Waals surface area contributed by atoms with E-state index in [1.54, 1.807) is 6.92 Å². The van der Waals surface area contributed by atoms with E-state index in [0.29, 0.717) is 18.7 Å². The number of hydrogen-bond donors (Lipinski definition) is 0. The number of fused-ring (bicyclic) bond motifs is 1. The Balaban J connectivity index is 1.66. The van der Waals surface area contributed by atoms with Crippen molar-refractivity contribution in [3.8, 4) is 0 Å². The Morgan fingerprint density at radius 1 is 1.45 bits per heavy atom. The molecule has 0 aromatic carbocycles. The largest absolute Gasteiger partial charge is 0.461 e. The third-order valence-electron chi connectivity index (χ3n) is 4.08. The Morgan fingerprint density at radius 2 is 2.35 bits per heavy atom. The summed E-state index contributed by atoms with van der Waals surface area (Å²) in [5, 5.41) is 0. The van der Waals surface area contributed by atoms with Crippen LogP contribution < -0.4 is 4.90 Å². The van der Waals surface area contributed by atoms with Crippen LogP contribution in [0.4, 0.5) is 6.01 Å². The Bertz CT molecular complexity index is 474. The van der Waals surface area contributed by atoms with Crippen molar-refractivity contribution in [2.24, 2.45) is 0 Å². The first kappa shape index (κ1) is 13.4. The van der Waals surface area contributed by atoms with Gasteiger partial charge in [0.2, 0.25) is 0 Å². The van der Waals surface area contributed by atoms with Crippen molar-refractivity contribution < 1.29 is 13.9 Å². The van der Waals surface area contributed by atoms with Crippen molar-refractivity contribution in [3.63, 3.8) is 0 Å². The molecule has 20 heavy (non-hydrogen) atoms. The number of carbonyl (C=O) groups excluding carboxylic acids is 1. The molecule has 0 N–H and O–H groups in total. The molecule has 0 spiro atoms. The first-order chi connectivity index (χ1) is 9.78. The highest BCUT2D eigenvalue weighted by Gasteiger charge is 2.31. The van der Waals surface area contributed by atoms with Crippen LogP contribution in [0.2, 0.25) is 0 Å². The zero-order chi connectivity index (χ0) is 13.9. The molecule has 3 heterocycles. The summed E-state index contributed by atoms with van der Waals surface area (Å²) >= 11 is 0. The monoisotopic (exact) mass is 279 g/mol. The van der Waals surface area contributed by atoms with E-state index in [1.807, 2.05) is 0 Å². The molecular weight excluding hydrogens is 258 g/mol. The molecule has 0 amide bonds. The van der Waals surface area contributed by atoms with Gasteiger partial charge < -0.3 is 14.1 Å². The van der Waals surface area contributed by atoms with E-state index in [1.165, 1.54) is 32.1 Å². The van der Waals surface area contributed by atoms with Gasteiger partial charge in [-0.15, -0.1) is 0 Å². The summed E-state index contributed by atoms with van der Waals surface area (Å²) in [5.74, 6) is -0.418. The van der Waals surface area contributed by atoms with Gasteiger partial charge in [0.1, 0.15) is 6.26 Å². The number of oxazole rings is 1. The second-order valence-corrected chi connectivity index (χ2v) is 5.37. The van der Waals surface area contributed by atoms with Crippen molar-refractivity contribution in [3.05, 3.63) is 12.0 Å². The van der Waals surface area contributed by atoms with Crippen LogP contribution in [0.3, 0.4) is 0 Å². The highest BCUT2D eigenvalue weighted by Crippen LogP contribution is 2.24. The fourth-order valence-corrected chi connectivity index (χ4v) is 3.04. The van der Waals surface area contributed by atoms with E-state index in [0.717, 1.165) is 19.6 Å². The predicted molar refractivity (Wildman–Crippen MR) is 73.9 cm³/mol. The maximum absolute atomic E-state index is 11.6. The molecule has 110 valence electrons. The third-order valence-corrected chi connectivity index (χ3v) is 4.08. The van der Waals surface area contributed by atoms with Crippen molar-refractivity contribution in [2.75, 3.05) is 37.7 Å². The molecule has 1 atom stereocenters. The van der Waals surface area contributed by atoms with Crippen molar-refractivity contribution in [1.29, 1.82) is 0 Å². The fourth-order valence-electron chi connectivity index (χ4n) is 3.04. The molecule has 0 aliphatic carbocycles. The van der Waals surface area contributed by atoms with Crippen molar-refractivity contribution in [2.45, 2.75) is 32.2 Å². The van der Waals surface area contributed by atoms with E-state index in [2.05, 4.69) is 14.8 Å². The van der Waals surface area contributed by atoms with E-state index in [4.69, 9.17) is 9.15 Å². The van der Waals surface area contributed by atoms with Gasteiger partial charge in [-0.1, -0.05) is 6.42 Å². The molecule has 2 aliphatic rings. The number of nitrogens with zero attached hydrogens (tertiary/aromatic N) is 3. The van der Waals surface area contributed by atoms with E-state index in [9.17, 15) is 4.79 Å². The fraction of sp³-hybridized carbons (Fsp3) is 0.714. The summed E-state index contributed by atoms with van der Waals surface area (Å²) in [6.45, 7) is 6.21. The van der Waals surface area contributed by atoms with Crippen LogP contribution in [0.5, 0.6) is 0 Å². The van der Waals surface area contributed by atoms with Crippen LogP contribution in [-0.2, 0) is 4.74 Å². The minimum absolute atomic E-state index is 0.257. The van der Waals surface area contributed by atoms with E-state index in [-0.39, 0.29) is 5.69 Å². The first-order valence-electron chi connectivity index (χ1n) is 7.39. The molecule has 2 aliphatic heterocycles. The lowest BCUT2D eigenvalue weighted by atomic mass is 10.00. The smallest absolute Gasteiger partial charge is 0.360 e. The number of piperidine rings is 1. The number of anilines is 1. The van der Waals surface area contributed by atoms with Crippen molar-refractivity contribution in [1.82, 2.24) is 9.88 Å². The normalized spacial score (nSPS) is 23.4. The van der Waals surface area contributed by atoms with Gasteiger partial charge >= 0.3 is 5.97 Å². The van der Waals surface area contributed by atoms with Gasteiger partial charge in [0.25, 0.3) is 6.01 Å². The topological polar surface area (TPSA) is 58.8 Å². The second kappa shape index (κ2) is 5.83. The number of aromatic nitrogens is 1. The van der Waals surface area contributed by atoms with Gasteiger partial charge in [-0.25, -0.2) is 4.79 Å². The molecule has 1 aromatic rings. The lowest BCUT2D eigenvalue weighted by Crippen LogP contribution is -2.55. The average Bonchev–Trinajstić information content (AvgIpc) is 2.97. The number of hydrogen-bond acceptors (Lipinski definition) is 6. The Labute approximate surface area is 118 Å². The number of ether oxygens (including phenoxy) is 1. The van der Waals surface area contributed by atoms with Crippen LogP contribution in [0.15, 0.2) is 10.7 Å². The van der Waals surface area contributed by atoms with Crippen LogP contribution in [-0.4, -0.2) is 54.7 Å². The summed E-state index contributed by atoms with van der Waals surface area (Å²) in [6, 6.07) is 1.13. The van der Waals surface area contributed by atoms with Gasteiger partial charge in [-0.3, -0.25) is 4.90 Å². The average molecular weight is 279 g/mol. The highest BCUT2D eigenvalue weighted by molar-refractivity contribution is 5.87. The van der Waals surface area contributed by atoms with Crippen LogP contribution >= 0.6 is 0 Å². The van der Waals surface area contributed by atoms with Gasteiger partial charge in [0, 0.05) is 25.7 Å². The van der Waals surface area contributed by atoms with Gasteiger partial charge in [0.05, 0.1) is 6.61 Å². The standard InChI is InChI=1S/C14H21N3O3/c1-2-19-13(18)12-10-20-14(15-12)17-8-7-16-6-4-3-5-11(16)9-17/h10-11H,2-9H2,1H3. The summed E-state index contributed by atoms with van der Waals surface area (Å²) in [4.78, 5) is 20.5. The van der Waals surface area contributed by atoms with E-state index < -0.39 is 5.97 Å². The van der Waals surface area contributed by atoms with E-state index >= 15 is 0 Å². The molecule has 0 bridgehead atoms. The molecule has 0 saturated carbocycles. The second-order valence-electron chi connectivity index (χ2n) is 5.37. The Kier molecular flexibility index (Phi) is 3.91. The van der Waals surface area contributed by atoms with Crippen LogP contribution in [0.25, 0.3) is 0 Å². The summed E-state index contributed by atoms with van der Waals surface area (Å²) < 4.78 is 10.4. The quantitative estimate of drug-likeness (QED) is 0.782. The predicted octanol–water partition coefficient (Wildman–Crippen LogP) is 1.53. The molecule has 3 rings (SSSR count). The molecular formula is C14H21N3O3. The number of piperazine rings is 1. The molecule has 6 heteroatoms. The molecule has 1 aromatic heterocycles. The SMILES string of the molecule is CCOC(=O)c1coc(N2CCN3CCCCC3C2)n1. The number of carbonyl (C=O) groups is 1. The van der Waals surface area contributed by atoms with Gasteiger partial charge in [0.15, 0.2) is 5.69 Å². The zero-order valence-electron chi connectivity index (χ0n) is 11.9. The molecule has 0 radical (unpaired) electrons. The minimum Gasteiger partial charge on any atom is -0.461 e. The maximum Gasteiger partial charge on any atom is 0.360 e. The minimum atomic E-state index is -0.418. The van der Waals surface area contributed by atoms with Gasteiger partial charge in [-0.2, -0.15) is 4.98 Å². The summed E-state index contributed by atoms with van der Waals surface area (Å²) in [7, 11) is 0. The molecule has 2 saturated heterocycles. The maximum atomic E-state index is 11.6. The lowest BCUT2D eigenvalue weighted by Gasteiger charge is -2.43. The molecule has 2 fully saturated rings. The third kappa shape index (κ3) is 2.65. The number of rotatable bonds is 3. The first-order valence-corrected chi connectivity index (χ1v) is 7.39. The summed E-state index contributed by atoms with van der Waals surface area (Å²) in [6.07, 6.45) is 5.24. The van der Waals surface area contributed by atoms with Crippen LogP contribution in [0.1, 0.15) is 36.7 Å². The Hall–Kier alpha value is -1.56.